The van der Waals surface area contributed by atoms with Crippen molar-refractivity contribution in [1.82, 2.24) is 10.2 Å². The lowest BCUT2D eigenvalue weighted by Gasteiger charge is -2.39. The van der Waals surface area contributed by atoms with E-state index in [-0.39, 0.29) is 11.6 Å². The van der Waals surface area contributed by atoms with E-state index in [1.165, 1.54) is 0 Å². The molecule has 0 aromatic carbocycles. The van der Waals surface area contributed by atoms with Crippen LogP contribution in [0.25, 0.3) is 0 Å². The Bertz CT molecular complexity index is 247. The van der Waals surface area contributed by atoms with E-state index in [9.17, 15) is 4.79 Å². The topological polar surface area (TPSA) is 41.6 Å². The van der Waals surface area contributed by atoms with Crippen LogP contribution in [0.15, 0.2) is 0 Å². The first kappa shape index (κ1) is 10.7. The van der Waals surface area contributed by atoms with Crippen molar-refractivity contribution in [2.45, 2.75) is 32.2 Å². The molecule has 0 aliphatic carbocycles. The van der Waals surface area contributed by atoms with Crippen molar-refractivity contribution >= 4 is 6.09 Å². The maximum atomic E-state index is 11.7. The molecule has 0 aromatic rings. The molecule has 1 spiro atoms. The number of carbonyl (C=O) groups is 1. The molecular weight excluding hydrogens is 192 g/mol. The monoisotopic (exact) mass is 212 g/mol. The highest BCUT2D eigenvalue weighted by atomic mass is 16.6. The van der Waals surface area contributed by atoms with Gasteiger partial charge in [0.2, 0.25) is 0 Å². The lowest BCUT2D eigenvalue weighted by atomic mass is 9.87. The number of carbonyl (C=O) groups excluding carboxylic acids is 1. The lowest BCUT2D eigenvalue weighted by Crippen LogP contribution is -2.54. The Morgan fingerprint density at radius 3 is 2.73 bits per heavy atom. The Morgan fingerprint density at radius 1 is 1.47 bits per heavy atom. The summed E-state index contributed by atoms with van der Waals surface area (Å²) in [6, 6.07) is 0. The number of nitrogens with one attached hydrogen (secondary N) is 1. The Morgan fingerprint density at radius 2 is 2.13 bits per heavy atom. The molecule has 0 aromatic heterocycles. The molecule has 0 bridgehead atoms. The van der Waals surface area contributed by atoms with E-state index < -0.39 is 0 Å². The van der Waals surface area contributed by atoms with Crippen molar-refractivity contribution in [3.63, 3.8) is 0 Å². The SMILES string of the molecule is CC(C)CN1C(=O)OCC12CCNCC2. The molecule has 0 saturated carbocycles. The maximum Gasteiger partial charge on any atom is 0.410 e. The van der Waals surface area contributed by atoms with Gasteiger partial charge in [0.1, 0.15) is 6.61 Å². The molecule has 4 nitrogen and oxygen atoms in total. The fourth-order valence-electron chi connectivity index (χ4n) is 2.49. The second kappa shape index (κ2) is 4.00. The van der Waals surface area contributed by atoms with Crippen LogP contribution in [0.2, 0.25) is 0 Å². The Balaban J connectivity index is 2.11. The summed E-state index contributed by atoms with van der Waals surface area (Å²) >= 11 is 0. The molecule has 86 valence electrons. The second-order valence-corrected chi connectivity index (χ2v) is 5.03. The van der Waals surface area contributed by atoms with Gasteiger partial charge in [-0.05, 0) is 31.8 Å². The van der Waals surface area contributed by atoms with E-state index in [4.69, 9.17) is 4.74 Å². The highest BCUT2D eigenvalue weighted by molar-refractivity contribution is 5.71. The summed E-state index contributed by atoms with van der Waals surface area (Å²) in [4.78, 5) is 13.6. The highest BCUT2D eigenvalue weighted by Crippen LogP contribution is 2.33. The first-order chi connectivity index (χ1) is 7.14. The van der Waals surface area contributed by atoms with Crippen LogP contribution in [0.5, 0.6) is 0 Å². The molecule has 0 atom stereocenters. The maximum absolute atomic E-state index is 11.7. The van der Waals surface area contributed by atoms with Crippen molar-refractivity contribution in [2.24, 2.45) is 5.92 Å². The molecule has 2 rings (SSSR count). The number of cyclic esters (lactones) is 1. The zero-order chi connectivity index (χ0) is 10.9. The largest absolute Gasteiger partial charge is 0.447 e. The summed E-state index contributed by atoms with van der Waals surface area (Å²) in [6.07, 6.45) is 1.92. The van der Waals surface area contributed by atoms with E-state index in [0.29, 0.717) is 12.5 Å². The minimum Gasteiger partial charge on any atom is -0.447 e. The van der Waals surface area contributed by atoms with Gasteiger partial charge in [0.05, 0.1) is 5.54 Å². The number of hydrogen-bond acceptors (Lipinski definition) is 3. The van der Waals surface area contributed by atoms with Crippen LogP contribution in [0.1, 0.15) is 26.7 Å². The zero-order valence-corrected chi connectivity index (χ0v) is 9.58. The van der Waals surface area contributed by atoms with Gasteiger partial charge in [0.15, 0.2) is 0 Å². The molecule has 2 fully saturated rings. The Hall–Kier alpha value is -0.770. The molecule has 1 N–H and O–H groups in total. The summed E-state index contributed by atoms with van der Waals surface area (Å²) in [6.45, 7) is 7.66. The summed E-state index contributed by atoms with van der Waals surface area (Å²) in [5.41, 5.74) is -0.00734. The third-order valence-corrected chi connectivity index (χ3v) is 3.34. The normalized spacial score (nSPS) is 25.0. The van der Waals surface area contributed by atoms with Crippen LogP contribution in [-0.4, -0.2) is 42.8 Å². The predicted molar refractivity (Wildman–Crippen MR) is 57.7 cm³/mol. The van der Waals surface area contributed by atoms with E-state index >= 15 is 0 Å². The van der Waals surface area contributed by atoms with Crippen molar-refractivity contribution in [1.29, 1.82) is 0 Å². The minimum atomic E-state index is -0.120. The van der Waals surface area contributed by atoms with Crippen LogP contribution in [0.3, 0.4) is 0 Å². The second-order valence-electron chi connectivity index (χ2n) is 5.03. The fraction of sp³-hybridized carbons (Fsp3) is 0.909. The van der Waals surface area contributed by atoms with Crippen LogP contribution in [0.4, 0.5) is 4.79 Å². The molecule has 0 radical (unpaired) electrons. The summed E-state index contributed by atoms with van der Waals surface area (Å²) < 4.78 is 5.22. The molecule has 4 heteroatoms. The van der Waals surface area contributed by atoms with E-state index in [1.54, 1.807) is 0 Å². The van der Waals surface area contributed by atoms with E-state index in [1.807, 2.05) is 4.90 Å². The zero-order valence-electron chi connectivity index (χ0n) is 9.58. The highest BCUT2D eigenvalue weighted by Gasteiger charge is 2.47. The number of rotatable bonds is 2. The van der Waals surface area contributed by atoms with Gasteiger partial charge in [0, 0.05) is 6.54 Å². The smallest absolute Gasteiger partial charge is 0.410 e. The van der Waals surface area contributed by atoms with Crippen molar-refractivity contribution in [2.75, 3.05) is 26.2 Å². The molecule has 1 amide bonds. The average Bonchev–Trinajstić information content (AvgIpc) is 2.48. The van der Waals surface area contributed by atoms with Gasteiger partial charge in [-0.3, -0.25) is 4.90 Å². The fourth-order valence-corrected chi connectivity index (χ4v) is 2.49. The summed E-state index contributed by atoms with van der Waals surface area (Å²) in [5, 5.41) is 3.33. The summed E-state index contributed by atoms with van der Waals surface area (Å²) in [5.74, 6) is 0.502. The molecule has 2 aliphatic heterocycles. The van der Waals surface area contributed by atoms with Gasteiger partial charge in [-0.2, -0.15) is 0 Å². The number of ether oxygens (including phenoxy) is 1. The minimum absolute atomic E-state index is 0.00734. The number of amides is 1. The number of piperidine rings is 1. The van der Waals surface area contributed by atoms with E-state index in [0.717, 1.165) is 32.5 Å². The van der Waals surface area contributed by atoms with Crippen LogP contribution >= 0.6 is 0 Å². The van der Waals surface area contributed by atoms with E-state index in [2.05, 4.69) is 19.2 Å². The van der Waals surface area contributed by atoms with Gasteiger partial charge in [-0.25, -0.2) is 4.79 Å². The first-order valence-corrected chi connectivity index (χ1v) is 5.79. The molecule has 2 saturated heterocycles. The van der Waals surface area contributed by atoms with Crippen molar-refractivity contribution in [3.8, 4) is 0 Å². The molecular formula is C11H20N2O2. The quantitative estimate of drug-likeness (QED) is 0.748. The molecule has 15 heavy (non-hydrogen) atoms. The molecule has 2 aliphatic rings. The predicted octanol–water partition coefficient (Wildman–Crippen LogP) is 1.22. The number of hydrogen-bond donors (Lipinski definition) is 1. The van der Waals surface area contributed by atoms with Crippen molar-refractivity contribution < 1.29 is 9.53 Å². The molecule has 0 unspecified atom stereocenters. The third kappa shape index (κ3) is 1.95. The van der Waals surface area contributed by atoms with Gasteiger partial charge in [-0.15, -0.1) is 0 Å². The number of nitrogens with zero attached hydrogens (tertiary/aromatic N) is 1. The van der Waals surface area contributed by atoms with Crippen LogP contribution in [0, 0.1) is 5.92 Å². The van der Waals surface area contributed by atoms with Crippen molar-refractivity contribution in [3.05, 3.63) is 0 Å². The Kier molecular flexibility index (Phi) is 2.87. The molecule has 2 heterocycles. The first-order valence-electron chi connectivity index (χ1n) is 5.79. The lowest BCUT2D eigenvalue weighted by molar-refractivity contribution is 0.115. The standard InChI is InChI=1S/C11H20N2O2/c1-9(2)7-13-10(14)15-8-11(13)3-5-12-6-4-11/h9,12H,3-8H2,1-2H3. The van der Waals surface area contributed by atoms with Gasteiger partial charge in [-0.1, -0.05) is 13.8 Å². The Labute approximate surface area is 91.0 Å². The summed E-state index contributed by atoms with van der Waals surface area (Å²) in [7, 11) is 0. The van der Waals surface area contributed by atoms with Gasteiger partial charge < -0.3 is 10.1 Å². The van der Waals surface area contributed by atoms with Crippen LogP contribution in [-0.2, 0) is 4.74 Å². The average molecular weight is 212 g/mol. The third-order valence-electron chi connectivity index (χ3n) is 3.34. The van der Waals surface area contributed by atoms with Gasteiger partial charge >= 0.3 is 6.09 Å². The van der Waals surface area contributed by atoms with Crippen LogP contribution < -0.4 is 5.32 Å². The van der Waals surface area contributed by atoms with Gasteiger partial charge in [0.25, 0.3) is 0 Å².